The second-order valence-corrected chi connectivity index (χ2v) is 3.83. The van der Waals surface area contributed by atoms with E-state index < -0.39 is 12.0 Å². The molecule has 0 aliphatic carbocycles. The van der Waals surface area contributed by atoms with Gasteiger partial charge in [0.1, 0.15) is 6.04 Å². The molecule has 2 N–H and O–H groups in total. The van der Waals surface area contributed by atoms with E-state index in [2.05, 4.69) is 21.2 Å². The molecule has 0 heterocycles. The molecule has 14 heavy (non-hydrogen) atoms. The highest BCUT2D eigenvalue weighted by atomic mass is 79.9. The Morgan fingerprint density at radius 1 is 1.57 bits per heavy atom. The van der Waals surface area contributed by atoms with Gasteiger partial charge in [-0.25, -0.2) is 0 Å². The van der Waals surface area contributed by atoms with Crippen molar-refractivity contribution in [3.8, 4) is 0 Å². The number of carbonyl (C=O) groups is 1. The van der Waals surface area contributed by atoms with E-state index in [4.69, 9.17) is 5.11 Å². The summed E-state index contributed by atoms with van der Waals surface area (Å²) >= 11 is 3.38. The molecule has 4 heteroatoms. The van der Waals surface area contributed by atoms with Gasteiger partial charge in [0.2, 0.25) is 0 Å². The SMILES string of the molecule is CNC(Cc1ccccc1Br)C(=O)O. The van der Waals surface area contributed by atoms with Crippen molar-refractivity contribution in [1.82, 2.24) is 5.32 Å². The van der Waals surface area contributed by atoms with Crippen LogP contribution < -0.4 is 5.32 Å². The van der Waals surface area contributed by atoms with Crippen molar-refractivity contribution < 1.29 is 9.90 Å². The quantitative estimate of drug-likeness (QED) is 0.863. The van der Waals surface area contributed by atoms with Crippen molar-refractivity contribution in [1.29, 1.82) is 0 Å². The van der Waals surface area contributed by atoms with Gasteiger partial charge in [-0.2, -0.15) is 0 Å². The number of nitrogens with one attached hydrogen (secondary N) is 1. The summed E-state index contributed by atoms with van der Waals surface area (Å²) in [4.78, 5) is 10.8. The Labute approximate surface area is 91.3 Å². The lowest BCUT2D eigenvalue weighted by Gasteiger charge is -2.11. The molecule has 0 amide bonds. The summed E-state index contributed by atoms with van der Waals surface area (Å²) < 4.78 is 0.946. The van der Waals surface area contributed by atoms with Gasteiger partial charge < -0.3 is 10.4 Å². The summed E-state index contributed by atoms with van der Waals surface area (Å²) in [5, 5.41) is 11.6. The van der Waals surface area contributed by atoms with E-state index in [0.29, 0.717) is 6.42 Å². The van der Waals surface area contributed by atoms with Crippen LogP contribution in [0.25, 0.3) is 0 Å². The van der Waals surface area contributed by atoms with Gasteiger partial charge in [-0.05, 0) is 25.1 Å². The van der Waals surface area contributed by atoms with Crippen molar-refractivity contribution in [2.24, 2.45) is 0 Å². The molecule has 0 aliphatic rings. The van der Waals surface area contributed by atoms with Crippen LogP contribution in [0, 0.1) is 0 Å². The Bertz CT molecular complexity index is 328. The fraction of sp³-hybridized carbons (Fsp3) is 0.300. The van der Waals surface area contributed by atoms with Crippen LogP contribution in [0.2, 0.25) is 0 Å². The number of likely N-dealkylation sites (N-methyl/N-ethyl adjacent to an activating group) is 1. The lowest BCUT2D eigenvalue weighted by molar-refractivity contribution is -0.139. The molecule has 0 bridgehead atoms. The normalized spacial score (nSPS) is 12.4. The molecule has 76 valence electrons. The fourth-order valence-electron chi connectivity index (χ4n) is 1.20. The fourth-order valence-corrected chi connectivity index (χ4v) is 1.64. The minimum absolute atomic E-state index is 0.479. The maximum Gasteiger partial charge on any atom is 0.321 e. The number of carboxylic acid groups (broad SMARTS) is 1. The molecule has 0 aromatic heterocycles. The van der Waals surface area contributed by atoms with Crippen molar-refractivity contribution in [3.05, 3.63) is 34.3 Å². The Hall–Kier alpha value is -0.870. The molecule has 0 radical (unpaired) electrons. The minimum atomic E-state index is -0.830. The molecule has 1 aromatic carbocycles. The van der Waals surface area contributed by atoms with Crippen LogP contribution in [0.4, 0.5) is 0 Å². The third-order valence-electron chi connectivity index (χ3n) is 2.03. The molecule has 1 rings (SSSR count). The summed E-state index contributed by atoms with van der Waals surface area (Å²) in [6.07, 6.45) is 0.479. The minimum Gasteiger partial charge on any atom is -0.480 e. The van der Waals surface area contributed by atoms with Gasteiger partial charge in [0.25, 0.3) is 0 Å². The number of aliphatic carboxylic acids is 1. The van der Waals surface area contributed by atoms with E-state index in [0.717, 1.165) is 10.0 Å². The lowest BCUT2D eigenvalue weighted by atomic mass is 10.1. The van der Waals surface area contributed by atoms with E-state index in [9.17, 15) is 4.79 Å². The Kier molecular flexibility index (Phi) is 4.10. The Balaban J connectivity index is 2.77. The van der Waals surface area contributed by atoms with Crippen LogP contribution in [-0.2, 0) is 11.2 Å². The van der Waals surface area contributed by atoms with Gasteiger partial charge in [-0.1, -0.05) is 34.1 Å². The predicted octanol–water partition coefficient (Wildman–Crippen LogP) is 1.66. The largest absolute Gasteiger partial charge is 0.480 e. The summed E-state index contributed by atoms with van der Waals surface area (Å²) in [5.74, 6) is -0.830. The highest BCUT2D eigenvalue weighted by Gasteiger charge is 2.16. The number of halogens is 1. The molecule has 0 fully saturated rings. The first kappa shape index (κ1) is 11.2. The first-order valence-corrected chi connectivity index (χ1v) is 5.08. The maximum atomic E-state index is 10.8. The molecule has 1 aromatic rings. The van der Waals surface area contributed by atoms with Crippen LogP contribution in [0.15, 0.2) is 28.7 Å². The number of carboxylic acids is 1. The molecular formula is C10H12BrNO2. The Morgan fingerprint density at radius 3 is 2.71 bits per heavy atom. The molecular weight excluding hydrogens is 246 g/mol. The van der Waals surface area contributed by atoms with Gasteiger partial charge in [0.15, 0.2) is 0 Å². The van der Waals surface area contributed by atoms with Crippen LogP contribution in [-0.4, -0.2) is 24.2 Å². The molecule has 0 saturated carbocycles. The van der Waals surface area contributed by atoms with Gasteiger partial charge >= 0.3 is 5.97 Å². The topological polar surface area (TPSA) is 49.3 Å². The highest BCUT2D eigenvalue weighted by Crippen LogP contribution is 2.17. The summed E-state index contributed by atoms with van der Waals surface area (Å²) in [6.45, 7) is 0. The van der Waals surface area contributed by atoms with E-state index in [1.54, 1.807) is 7.05 Å². The smallest absolute Gasteiger partial charge is 0.321 e. The molecule has 3 nitrogen and oxygen atoms in total. The predicted molar refractivity (Wildman–Crippen MR) is 58.3 cm³/mol. The van der Waals surface area contributed by atoms with Crippen molar-refractivity contribution in [3.63, 3.8) is 0 Å². The highest BCUT2D eigenvalue weighted by molar-refractivity contribution is 9.10. The molecule has 1 atom stereocenters. The van der Waals surface area contributed by atoms with Crippen molar-refractivity contribution in [2.45, 2.75) is 12.5 Å². The maximum absolute atomic E-state index is 10.8. The lowest BCUT2D eigenvalue weighted by Crippen LogP contribution is -2.35. The van der Waals surface area contributed by atoms with Gasteiger partial charge in [-0.15, -0.1) is 0 Å². The van der Waals surface area contributed by atoms with Gasteiger partial charge in [0, 0.05) is 4.47 Å². The average molecular weight is 258 g/mol. The third-order valence-corrected chi connectivity index (χ3v) is 2.80. The third kappa shape index (κ3) is 2.82. The second-order valence-electron chi connectivity index (χ2n) is 2.98. The van der Waals surface area contributed by atoms with E-state index in [1.807, 2.05) is 24.3 Å². The van der Waals surface area contributed by atoms with Crippen molar-refractivity contribution in [2.75, 3.05) is 7.05 Å². The van der Waals surface area contributed by atoms with Gasteiger partial charge in [-0.3, -0.25) is 4.79 Å². The van der Waals surface area contributed by atoms with Gasteiger partial charge in [0.05, 0.1) is 0 Å². The number of rotatable bonds is 4. The summed E-state index contributed by atoms with van der Waals surface area (Å²) in [6, 6.07) is 7.09. The first-order chi connectivity index (χ1) is 6.65. The second kappa shape index (κ2) is 5.12. The molecule has 0 spiro atoms. The zero-order chi connectivity index (χ0) is 10.6. The average Bonchev–Trinajstić information content (AvgIpc) is 2.16. The zero-order valence-electron chi connectivity index (χ0n) is 7.83. The summed E-state index contributed by atoms with van der Waals surface area (Å²) in [7, 11) is 1.65. The molecule has 1 unspecified atom stereocenters. The molecule has 0 aliphatic heterocycles. The van der Waals surface area contributed by atoms with E-state index >= 15 is 0 Å². The van der Waals surface area contributed by atoms with Crippen molar-refractivity contribution >= 4 is 21.9 Å². The van der Waals surface area contributed by atoms with E-state index in [-0.39, 0.29) is 0 Å². The molecule has 0 saturated heterocycles. The number of hydrogen-bond acceptors (Lipinski definition) is 2. The Morgan fingerprint density at radius 2 is 2.21 bits per heavy atom. The number of benzene rings is 1. The zero-order valence-corrected chi connectivity index (χ0v) is 9.41. The van der Waals surface area contributed by atoms with Crippen LogP contribution in [0.5, 0.6) is 0 Å². The number of hydrogen-bond donors (Lipinski definition) is 2. The van der Waals surface area contributed by atoms with Crippen LogP contribution in [0.3, 0.4) is 0 Å². The van der Waals surface area contributed by atoms with Crippen LogP contribution >= 0.6 is 15.9 Å². The monoisotopic (exact) mass is 257 g/mol. The van der Waals surface area contributed by atoms with E-state index in [1.165, 1.54) is 0 Å². The van der Waals surface area contributed by atoms with Crippen LogP contribution in [0.1, 0.15) is 5.56 Å². The summed E-state index contributed by atoms with van der Waals surface area (Å²) in [5.41, 5.74) is 0.995. The first-order valence-electron chi connectivity index (χ1n) is 4.28. The standard InChI is InChI=1S/C10H12BrNO2/c1-12-9(10(13)14)6-7-4-2-3-5-8(7)11/h2-5,9,12H,6H2,1H3,(H,13,14).